The molecule has 4 heteroatoms. The second kappa shape index (κ2) is 5.54. The molecule has 78 valence electrons. The molecule has 1 rings (SSSR count). The lowest BCUT2D eigenvalue weighted by atomic mass is 10.1. The Morgan fingerprint density at radius 1 is 1.46 bits per heavy atom. The minimum absolute atomic E-state index is 0.120. The van der Waals surface area contributed by atoms with Gasteiger partial charge >= 0.3 is 0 Å². The molecule has 0 radical (unpaired) electrons. The van der Waals surface area contributed by atoms with Crippen LogP contribution in [-0.2, 0) is 9.47 Å². The number of ether oxygens (including phenoxy) is 2. The maximum absolute atomic E-state index is 5.86. The molecule has 0 aromatic carbocycles. The van der Waals surface area contributed by atoms with Gasteiger partial charge in [-0.25, -0.2) is 0 Å². The van der Waals surface area contributed by atoms with Gasteiger partial charge in [-0.3, -0.25) is 4.90 Å². The van der Waals surface area contributed by atoms with Gasteiger partial charge in [-0.2, -0.15) is 0 Å². The van der Waals surface area contributed by atoms with E-state index < -0.39 is 0 Å². The van der Waals surface area contributed by atoms with Crippen molar-refractivity contribution in [1.82, 2.24) is 4.90 Å². The normalized spacial score (nSPS) is 25.4. The van der Waals surface area contributed by atoms with E-state index in [-0.39, 0.29) is 6.29 Å². The van der Waals surface area contributed by atoms with Crippen LogP contribution in [0.25, 0.3) is 0 Å². The van der Waals surface area contributed by atoms with E-state index in [9.17, 15) is 0 Å². The molecule has 1 saturated heterocycles. The monoisotopic (exact) mass is 188 g/mol. The molecule has 0 amide bonds. The van der Waals surface area contributed by atoms with Crippen molar-refractivity contribution in [2.75, 3.05) is 33.9 Å². The summed E-state index contributed by atoms with van der Waals surface area (Å²) in [5.74, 6) is 0. The highest BCUT2D eigenvalue weighted by molar-refractivity contribution is 4.75. The number of likely N-dealkylation sites (tertiary alicyclic amines) is 1. The molecule has 1 fully saturated rings. The SMILES string of the molecule is COC(CN1CCC[C@@H](N)C1)OC. The van der Waals surface area contributed by atoms with Gasteiger partial charge in [0, 0.05) is 33.4 Å². The van der Waals surface area contributed by atoms with Crippen LogP contribution in [-0.4, -0.2) is 51.1 Å². The Labute approximate surface area is 80.0 Å². The molecule has 0 bridgehead atoms. The Hall–Kier alpha value is -0.160. The molecule has 1 aliphatic rings. The lowest BCUT2D eigenvalue weighted by Gasteiger charge is -2.32. The molecule has 2 N–H and O–H groups in total. The molecular formula is C9H20N2O2. The first-order valence-electron chi connectivity index (χ1n) is 4.79. The fourth-order valence-electron chi connectivity index (χ4n) is 1.71. The molecule has 0 saturated carbocycles. The predicted molar refractivity (Wildman–Crippen MR) is 51.5 cm³/mol. The van der Waals surface area contributed by atoms with Crippen LogP contribution in [0.3, 0.4) is 0 Å². The van der Waals surface area contributed by atoms with Crippen molar-refractivity contribution in [3.05, 3.63) is 0 Å². The van der Waals surface area contributed by atoms with Crippen molar-refractivity contribution in [3.8, 4) is 0 Å². The second-order valence-corrected chi connectivity index (χ2v) is 3.56. The zero-order chi connectivity index (χ0) is 9.68. The summed E-state index contributed by atoms with van der Waals surface area (Å²) in [6, 6.07) is 0.322. The van der Waals surface area contributed by atoms with Gasteiger partial charge in [0.25, 0.3) is 0 Å². The summed E-state index contributed by atoms with van der Waals surface area (Å²) >= 11 is 0. The minimum Gasteiger partial charge on any atom is -0.355 e. The van der Waals surface area contributed by atoms with Gasteiger partial charge < -0.3 is 15.2 Å². The first-order chi connectivity index (χ1) is 6.26. The van der Waals surface area contributed by atoms with Gasteiger partial charge in [-0.1, -0.05) is 0 Å². The van der Waals surface area contributed by atoms with Gasteiger partial charge in [-0.15, -0.1) is 0 Å². The highest BCUT2D eigenvalue weighted by atomic mass is 16.7. The number of hydrogen-bond acceptors (Lipinski definition) is 4. The number of methoxy groups -OCH3 is 2. The van der Waals surface area contributed by atoms with Gasteiger partial charge in [0.1, 0.15) is 0 Å². The molecule has 13 heavy (non-hydrogen) atoms. The molecule has 1 atom stereocenters. The van der Waals surface area contributed by atoms with Crippen LogP contribution in [0, 0.1) is 0 Å². The van der Waals surface area contributed by atoms with E-state index in [1.54, 1.807) is 14.2 Å². The van der Waals surface area contributed by atoms with E-state index in [1.165, 1.54) is 6.42 Å². The van der Waals surface area contributed by atoms with Crippen molar-refractivity contribution in [2.45, 2.75) is 25.2 Å². The quantitative estimate of drug-likeness (QED) is 0.632. The summed E-state index contributed by atoms with van der Waals surface area (Å²) in [7, 11) is 3.33. The van der Waals surface area contributed by atoms with Crippen molar-refractivity contribution in [2.24, 2.45) is 5.73 Å². The maximum Gasteiger partial charge on any atom is 0.169 e. The third-order valence-corrected chi connectivity index (χ3v) is 2.48. The maximum atomic E-state index is 5.86. The lowest BCUT2D eigenvalue weighted by molar-refractivity contribution is -0.118. The first kappa shape index (κ1) is 10.9. The van der Waals surface area contributed by atoms with Crippen LogP contribution < -0.4 is 5.73 Å². The molecule has 0 aromatic heterocycles. The van der Waals surface area contributed by atoms with E-state index in [2.05, 4.69) is 4.90 Å². The summed E-state index contributed by atoms with van der Waals surface area (Å²) in [5.41, 5.74) is 5.86. The van der Waals surface area contributed by atoms with Crippen molar-refractivity contribution in [1.29, 1.82) is 0 Å². The fraction of sp³-hybridized carbons (Fsp3) is 1.00. The first-order valence-corrected chi connectivity index (χ1v) is 4.79. The molecule has 1 heterocycles. The third-order valence-electron chi connectivity index (χ3n) is 2.48. The van der Waals surface area contributed by atoms with Crippen LogP contribution >= 0.6 is 0 Å². The summed E-state index contributed by atoms with van der Waals surface area (Å²) in [4.78, 5) is 2.30. The minimum atomic E-state index is -0.120. The predicted octanol–water partition coefficient (Wildman–Crippen LogP) is 0.0284. The standard InChI is InChI=1S/C9H20N2O2/c1-12-9(13-2)7-11-5-3-4-8(10)6-11/h8-9H,3-7,10H2,1-2H3/t8-/m1/s1. The second-order valence-electron chi connectivity index (χ2n) is 3.56. The van der Waals surface area contributed by atoms with Gasteiger partial charge in [-0.05, 0) is 19.4 Å². The lowest BCUT2D eigenvalue weighted by Crippen LogP contribution is -2.46. The van der Waals surface area contributed by atoms with E-state index in [0.717, 1.165) is 26.1 Å². The molecule has 0 unspecified atom stereocenters. The Kier molecular flexibility index (Phi) is 4.66. The van der Waals surface area contributed by atoms with Crippen LogP contribution in [0.2, 0.25) is 0 Å². The highest BCUT2D eigenvalue weighted by Crippen LogP contribution is 2.09. The van der Waals surface area contributed by atoms with Crippen LogP contribution in [0.1, 0.15) is 12.8 Å². The molecular weight excluding hydrogens is 168 g/mol. The number of hydrogen-bond donors (Lipinski definition) is 1. The van der Waals surface area contributed by atoms with E-state index in [0.29, 0.717) is 6.04 Å². The Morgan fingerprint density at radius 2 is 2.15 bits per heavy atom. The van der Waals surface area contributed by atoms with E-state index in [1.807, 2.05) is 0 Å². The van der Waals surface area contributed by atoms with Crippen molar-refractivity contribution in [3.63, 3.8) is 0 Å². The molecule has 0 spiro atoms. The smallest absolute Gasteiger partial charge is 0.169 e. The molecule has 4 nitrogen and oxygen atoms in total. The van der Waals surface area contributed by atoms with Gasteiger partial charge in [0.15, 0.2) is 6.29 Å². The average molecular weight is 188 g/mol. The van der Waals surface area contributed by atoms with Crippen LogP contribution in [0.5, 0.6) is 0 Å². The summed E-state index contributed by atoms with van der Waals surface area (Å²) in [6.45, 7) is 2.89. The van der Waals surface area contributed by atoms with Crippen LogP contribution in [0.15, 0.2) is 0 Å². The number of nitrogens with zero attached hydrogens (tertiary/aromatic N) is 1. The Balaban J connectivity index is 2.26. The fourth-order valence-corrected chi connectivity index (χ4v) is 1.71. The Bertz CT molecular complexity index is 140. The number of piperidine rings is 1. The zero-order valence-corrected chi connectivity index (χ0v) is 8.53. The van der Waals surface area contributed by atoms with Crippen molar-refractivity contribution < 1.29 is 9.47 Å². The largest absolute Gasteiger partial charge is 0.355 e. The van der Waals surface area contributed by atoms with Gasteiger partial charge in [0.2, 0.25) is 0 Å². The summed E-state index contributed by atoms with van der Waals surface area (Å²) in [5, 5.41) is 0. The Morgan fingerprint density at radius 3 is 2.69 bits per heavy atom. The van der Waals surface area contributed by atoms with E-state index in [4.69, 9.17) is 15.2 Å². The summed E-state index contributed by atoms with van der Waals surface area (Å²) in [6.07, 6.45) is 2.20. The topological polar surface area (TPSA) is 47.7 Å². The molecule has 0 aromatic rings. The van der Waals surface area contributed by atoms with Gasteiger partial charge in [0.05, 0.1) is 0 Å². The van der Waals surface area contributed by atoms with Crippen LogP contribution in [0.4, 0.5) is 0 Å². The molecule has 1 aliphatic heterocycles. The number of rotatable bonds is 4. The molecule has 0 aliphatic carbocycles. The average Bonchev–Trinajstić information content (AvgIpc) is 2.14. The summed E-state index contributed by atoms with van der Waals surface area (Å²) < 4.78 is 10.3. The third kappa shape index (κ3) is 3.60. The number of nitrogens with two attached hydrogens (primary N) is 1. The zero-order valence-electron chi connectivity index (χ0n) is 8.53. The van der Waals surface area contributed by atoms with Crippen molar-refractivity contribution >= 4 is 0 Å². The van der Waals surface area contributed by atoms with E-state index >= 15 is 0 Å². The highest BCUT2D eigenvalue weighted by Gasteiger charge is 2.19.